The average Bonchev–Trinajstić information content (AvgIpc) is 2.87. The summed E-state index contributed by atoms with van der Waals surface area (Å²) in [5, 5.41) is 0. The summed E-state index contributed by atoms with van der Waals surface area (Å²) in [4.78, 5) is 2.94. The number of rotatable bonds is 3. The first-order valence-electron chi connectivity index (χ1n) is 10.5. The van der Waals surface area contributed by atoms with Crippen molar-refractivity contribution in [1.29, 1.82) is 0 Å². The Morgan fingerprint density at radius 3 is 2.08 bits per heavy atom. The van der Waals surface area contributed by atoms with Gasteiger partial charge in [-0.2, -0.15) is 0 Å². The number of hydrogen-bond donors (Lipinski definition) is 2. The van der Waals surface area contributed by atoms with Crippen molar-refractivity contribution >= 4 is 11.4 Å². The summed E-state index contributed by atoms with van der Waals surface area (Å²) in [5.74, 6) is 2.41. The van der Waals surface area contributed by atoms with Gasteiger partial charge in [0.05, 0.1) is 11.4 Å². The van der Waals surface area contributed by atoms with Crippen molar-refractivity contribution in [1.82, 2.24) is 4.90 Å². The molecule has 4 rings (SSSR count). The van der Waals surface area contributed by atoms with Crippen molar-refractivity contribution in [2.75, 3.05) is 11.5 Å². The molecule has 0 radical (unpaired) electrons. The molecule has 3 nitrogen and oxygen atoms in total. The fourth-order valence-corrected chi connectivity index (χ4v) is 6.09. The molecule has 1 aromatic rings. The molecule has 0 spiro atoms. The smallest absolute Gasteiger partial charge is 0.0583 e. The first kappa shape index (κ1) is 17.2. The molecule has 25 heavy (non-hydrogen) atoms. The fraction of sp³-hybridized carbons (Fsp3) is 0.727. The highest BCUT2D eigenvalue weighted by atomic mass is 15.2. The number of anilines is 2. The summed E-state index contributed by atoms with van der Waals surface area (Å²) < 4.78 is 0. The van der Waals surface area contributed by atoms with E-state index in [4.69, 9.17) is 11.5 Å². The molecule has 1 aromatic carbocycles. The Morgan fingerprint density at radius 1 is 0.880 bits per heavy atom. The van der Waals surface area contributed by atoms with Crippen LogP contribution in [0.2, 0.25) is 0 Å². The summed E-state index contributed by atoms with van der Waals surface area (Å²) in [6, 6.07) is 8.58. The number of fused-ring (bicyclic) bond motifs is 2. The maximum Gasteiger partial charge on any atom is 0.0583 e. The van der Waals surface area contributed by atoms with E-state index in [1.54, 1.807) is 0 Å². The lowest BCUT2D eigenvalue weighted by Crippen LogP contribution is -2.49. The van der Waals surface area contributed by atoms with Crippen molar-refractivity contribution in [2.45, 2.75) is 89.3 Å². The molecule has 0 amide bonds. The standard InChI is InChI=1S/C22H35N3/c1-14(2)15-6-8-17(9-7-15)25-18-10-11-19(25)13-16(12-18)20-4-3-5-21(23)22(20)24/h3-5,14-19H,6-13,23-24H2,1-2H3/t15-,16-,17+,18+,19-. The van der Waals surface area contributed by atoms with E-state index in [9.17, 15) is 0 Å². The molecule has 2 saturated heterocycles. The van der Waals surface area contributed by atoms with Gasteiger partial charge in [0.25, 0.3) is 0 Å². The van der Waals surface area contributed by atoms with E-state index in [1.165, 1.54) is 56.9 Å². The van der Waals surface area contributed by atoms with Gasteiger partial charge in [-0.3, -0.25) is 4.90 Å². The van der Waals surface area contributed by atoms with Gasteiger partial charge in [0, 0.05) is 18.1 Å². The second-order valence-electron chi connectivity index (χ2n) is 9.16. The van der Waals surface area contributed by atoms with Crippen LogP contribution in [0.15, 0.2) is 18.2 Å². The minimum atomic E-state index is 0.601. The van der Waals surface area contributed by atoms with Crippen LogP contribution < -0.4 is 11.5 Å². The summed E-state index contributed by atoms with van der Waals surface area (Å²) in [7, 11) is 0. The van der Waals surface area contributed by atoms with Gasteiger partial charge in [0.1, 0.15) is 0 Å². The lowest BCUT2D eigenvalue weighted by molar-refractivity contribution is 0.0433. The lowest BCUT2D eigenvalue weighted by atomic mass is 9.77. The summed E-state index contributed by atoms with van der Waals surface area (Å²) in [5.41, 5.74) is 15.3. The van der Waals surface area contributed by atoms with Crippen molar-refractivity contribution in [3.05, 3.63) is 23.8 Å². The van der Waals surface area contributed by atoms with Gasteiger partial charge in [-0.05, 0) is 80.8 Å². The van der Waals surface area contributed by atoms with Gasteiger partial charge < -0.3 is 11.5 Å². The Hall–Kier alpha value is -1.22. The second kappa shape index (κ2) is 6.83. The van der Waals surface area contributed by atoms with Gasteiger partial charge in [0.15, 0.2) is 0 Å². The molecule has 138 valence electrons. The van der Waals surface area contributed by atoms with Crippen LogP contribution in [-0.4, -0.2) is 23.0 Å². The highest BCUT2D eigenvalue weighted by Crippen LogP contribution is 2.48. The Labute approximate surface area is 153 Å². The van der Waals surface area contributed by atoms with E-state index >= 15 is 0 Å². The maximum atomic E-state index is 6.31. The number of benzene rings is 1. The zero-order valence-electron chi connectivity index (χ0n) is 16.0. The van der Waals surface area contributed by atoms with Crippen molar-refractivity contribution in [3.63, 3.8) is 0 Å². The molecule has 4 N–H and O–H groups in total. The highest BCUT2D eigenvalue weighted by Gasteiger charge is 2.45. The molecule has 3 aliphatic rings. The van der Waals surface area contributed by atoms with Gasteiger partial charge in [-0.15, -0.1) is 0 Å². The Bertz CT molecular complexity index is 589. The second-order valence-corrected chi connectivity index (χ2v) is 9.16. The summed E-state index contributed by atoms with van der Waals surface area (Å²) in [6.45, 7) is 4.80. The van der Waals surface area contributed by atoms with Crippen LogP contribution in [0, 0.1) is 11.8 Å². The van der Waals surface area contributed by atoms with Crippen LogP contribution in [0.4, 0.5) is 11.4 Å². The first-order valence-corrected chi connectivity index (χ1v) is 10.5. The van der Waals surface area contributed by atoms with E-state index < -0.39 is 0 Å². The van der Waals surface area contributed by atoms with E-state index in [0.717, 1.165) is 41.3 Å². The molecule has 3 fully saturated rings. The molecule has 3 heteroatoms. The van der Waals surface area contributed by atoms with Crippen molar-refractivity contribution in [2.24, 2.45) is 11.8 Å². The van der Waals surface area contributed by atoms with Gasteiger partial charge >= 0.3 is 0 Å². The third-order valence-electron chi connectivity index (χ3n) is 7.51. The molecule has 2 aliphatic heterocycles. The molecular formula is C22H35N3. The van der Waals surface area contributed by atoms with Crippen molar-refractivity contribution in [3.8, 4) is 0 Å². The monoisotopic (exact) mass is 341 g/mol. The third kappa shape index (κ3) is 3.16. The van der Waals surface area contributed by atoms with Crippen LogP contribution in [0.25, 0.3) is 0 Å². The number of nitrogens with two attached hydrogens (primary N) is 2. The minimum absolute atomic E-state index is 0.601. The Morgan fingerprint density at radius 2 is 1.48 bits per heavy atom. The fourth-order valence-electron chi connectivity index (χ4n) is 6.09. The molecular weight excluding hydrogens is 306 g/mol. The molecule has 0 aromatic heterocycles. The molecule has 0 unspecified atom stereocenters. The Balaban J connectivity index is 1.45. The molecule has 2 heterocycles. The summed E-state index contributed by atoms with van der Waals surface area (Å²) >= 11 is 0. The molecule has 1 aliphatic carbocycles. The lowest BCUT2D eigenvalue weighted by Gasteiger charge is -2.46. The molecule has 1 saturated carbocycles. The van der Waals surface area contributed by atoms with Crippen LogP contribution in [0.5, 0.6) is 0 Å². The highest BCUT2D eigenvalue weighted by molar-refractivity contribution is 5.68. The van der Waals surface area contributed by atoms with E-state index in [-0.39, 0.29) is 0 Å². The number of hydrogen-bond acceptors (Lipinski definition) is 3. The number of para-hydroxylation sites is 1. The van der Waals surface area contributed by atoms with Gasteiger partial charge in [-0.25, -0.2) is 0 Å². The number of piperidine rings is 1. The molecule has 2 bridgehead atoms. The maximum absolute atomic E-state index is 6.31. The van der Waals surface area contributed by atoms with Crippen molar-refractivity contribution < 1.29 is 0 Å². The van der Waals surface area contributed by atoms with Crippen LogP contribution in [0.1, 0.15) is 76.7 Å². The van der Waals surface area contributed by atoms with Gasteiger partial charge in [-0.1, -0.05) is 26.0 Å². The quantitative estimate of drug-likeness (QED) is 0.778. The predicted octanol–water partition coefficient (Wildman–Crippen LogP) is 4.78. The minimum Gasteiger partial charge on any atom is -0.397 e. The normalized spacial score (nSPS) is 36.0. The average molecular weight is 342 g/mol. The van der Waals surface area contributed by atoms with Crippen LogP contribution >= 0.6 is 0 Å². The first-order chi connectivity index (χ1) is 12.0. The third-order valence-corrected chi connectivity index (χ3v) is 7.51. The topological polar surface area (TPSA) is 55.3 Å². The number of nitrogens with zero attached hydrogens (tertiary/aromatic N) is 1. The zero-order chi connectivity index (χ0) is 17.6. The number of nitrogen functional groups attached to an aromatic ring is 2. The predicted molar refractivity (Wildman–Crippen MR) is 106 cm³/mol. The summed E-state index contributed by atoms with van der Waals surface area (Å²) in [6.07, 6.45) is 11.0. The van der Waals surface area contributed by atoms with E-state index in [0.29, 0.717) is 5.92 Å². The van der Waals surface area contributed by atoms with E-state index in [2.05, 4.69) is 30.9 Å². The van der Waals surface area contributed by atoms with Crippen LogP contribution in [0.3, 0.4) is 0 Å². The molecule has 3 atom stereocenters. The largest absolute Gasteiger partial charge is 0.397 e. The zero-order valence-corrected chi connectivity index (χ0v) is 16.0. The van der Waals surface area contributed by atoms with Gasteiger partial charge in [0.2, 0.25) is 0 Å². The SMILES string of the molecule is CC(C)[C@H]1CC[C@@H](N2[C@@H]3CC[C@H]2C[C@@H](c2cccc(N)c2N)C3)CC1. The van der Waals surface area contributed by atoms with E-state index in [1.807, 2.05) is 6.07 Å². The van der Waals surface area contributed by atoms with Crippen LogP contribution in [-0.2, 0) is 0 Å². The Kier molecular flexibility index (Phi) is 4.70.